The summed E-state index contributed by atoms with van der Waals surface area (Å²) in [7, 11) is 0. The van der Waals surface area contributed by atoms with Crippen LogP contribution in [0.1, 0.15) is 0 Å². The molecule has 0 aliphatic rings. The monoisotopic (exact) mass is 643 g/mol. The van der Waals surface area contributed by atoms with Crippen LogP contribution >= 0.6 is 11.3 Å². The van der Waals surface area contributed by atoms with Crippen molar-refractivity contribution in [1.29, 1.82) is 0 Å². The highest BCUT2D eigenvalue weighted by Crippen LogP contribution is 2.47. The molecule has 2 nitrogen and oxygen atoms in total. The van der Waals surface area contributed by atoms with Crippen molar-refractivity contribution in [2.45, 2.75) is 0 Å². The van der Waals surface area contributed by atoms with Gasteiger partial charge in [0.05, 0.1) is 5.69 Å². The van der Waals surface area contributed by atoms with Gasteiger partial charge in [-0.05, 0) is 69.9 Å². The van der Waals surface area contributed by atoms with Crippen molar-refractivity contribution in [2.75, 3.05) is 4.90 Å². The number of rotatable bonds is 5. The fourth-order valence-corrected chi connectivity index (χ4v) is 8.63. The predicted octanol–water partition coefficient (Wildman–Crippen LogP) is 13.9. The first-order valence-electron chi connectivity index (χ1n) is 16.6. The van der Waals surface area contributed by atoms with Gasteiger partial charge in [-0.25, -0.2) is 0 Å². The predicted molar refractivity (Wildman–Crippen MR) is 210 cm³/mol. The average Bonchev–Trinajstić information content (AvgIpc) is 3.75. The Kier molecular flexibility index (Phi) is 6.39. The standard InChI is InChI=1S/C46H29NOS/c1-2-11-30(12-3-1)31-23-26-34(27-24-31)47(41-20-10-22-43-44(41)40-28-25-32-13-4-5-16-37(32)46(40)49-43)35-15-8-14-33(29-35)36-18-9-19-39-38-17-6-7-21-42(38)48-45(36)39/h1-29H. The van der Waals surface area contributed by atoms with Gasteiger partial charge in [-0.1, -0.05) is 133 Å². The van der Waals surface area contributed by atoms with Crippen LogP contribution < -0.4 is 4.90 Å². The fraction of sp³-hybridized carbons (Fsp3) is 0. The van der Waals surface area contributed by atoms with Crippen LogP contribution in [0.5, 0.6) is 0 Å². The second-order valence-corrected chi connectivity index (χ2v) is 13.5. The van der Waals surface area contributed by atoms with Crippen LogP contribution in [-0.2, 0) is 0 Å². The van der Waals surface area contributed by atoms with Gasteiger partial charge in [0.1, 0.15) is 11.2 Å². The zero-order valence-electron chi connectivity index (χ0n) is 26.5. The lowest BCUT2D eigenvalue weighted by Crippen LogP contribution is -2.10. The molecule has 0 saturated carbocycles. The molecule has 0 aliphatic carbocycles. The summed E-state index contributed by atoms with van der Waals surface area (Å²) in [6, 6.07) is 63.1. The zero-order chi connectivity index (χ0) is 32.3. The van der Waals surface area contributed by atoms with Gasteiger partial charge in [-0.15, -0.1) is 11.3 Å². The summed E-state index contributed by atoms with van der Waals surface area (Å²) in [5, 5.41) is 7.39. The Labute approximate surface area is 287 Å². The molecule has 0 fully saturated rings. The molecule has 0 aliphatic heterocycles. The van der Waals surface area contributed by atoms with Gasteiger partial charge < -0.3 is 9.32 Å². The molecule has 10 rings (SSSR count). The Morgan fingerprint density at radius 1 is 0.449 bits per heavy atom. The van der Waals surface area contributed by atoms with E-state index in [1.165, 1.54) is 42.1 Å². The Balaban J connectivity index is 1.20. The summed E-state index contributed by atoms with van der Waals surface area (Å²) < 4.78 is 9.08. The molecule has 0 amide bonds. The minimum Gasteiger partial charge on any atom is -0.455 e. The molecule has 2 aromatic heterocycles. The first-order valence-corrected chi connectivity index (χ1v) is 17.4. The third-order valence-corrected chi connectivity index (χ3v) is 10.9. The molecule has 10 aromatic rings. The van der Waals surface area contributed by atoms with Crippen molar-refractivity contribution < 1.29 is 4.42 Å². The molecule has 0 N–H and O–H groups in total. The van der Waals surface area contributed by atoms with E-state index in [-0.39, 0.29) is 0 Å². The minimum absolute atomic E-state index is 0.907. The van der Waals surface area contributed by atoms with E-state index in [0.29, 0.717) is 0 Å². The smallest absolute Gasteiger partial charge is 0.143 e. The molecule has 0 unspecified atom stereocenters. The van der Waals surface area contributed by atoms with E-state index in [0.717, 1.165) is 50.1 Å². The number of fused-ring (bicyclic) bond motifs is 8. The number of para-hydroxylation sites is 2. The van der Waals surface area contributed by atoms with Crippen molar-refractivity contribution >= 4 is 81.3 Å². The quantitative estimate of drug-likeness (QED) is 0.186. The largest absolute Gasteiger partial charge is 0.455 e. The lowest BCUT2D eigenvalue weighted by molar-refractivity contribution is 0.670. The third kappa shape index (κ3) is 4.55. The van der Waals surface area contributed by atoms with Crippen molar-refractivity contribution in [3.63, 3.8) is 0 Å². The van der Waals surface area contributed by atoms with Gasteiger partial charge in [0, 0.05) is 47.9 Å². The maximum atomic E-state index is 6.48. The molecule has 8 aromatic carbocycles. The first-order chi connectivity index (χ1) is 24.3. The van der Waals surface area contributed by atoms with Crippen molar-refractivity contribution in [2.24, 2.45) is 0 Å². The van der Waals surface area contributed by atoms with E-state index in [9.17, 15) is 0 Å². The highest BCUT2D eigenvalue weighted by molar-refractivity contribution is 7.26. The average molecular weight is 644 g/mol. The van der Waals surface area contributed by atoms with Crippen molar-refractivity contribution in [3.8, 4) is 22.3 Å². The topological polar surface area (TPSA) is 16.4 Å². The number of furan rings is 1. The molecule has 0 atom stereocenters. The molecular formula is C46H29NOS. The molecule has 0 bridgehead atoms. The second kappa shape index (κ2) is 11.2. The zero-order valence-corrected chi connectivity index (χ0v) is 27.3. The normalized spacial score (nSPS) is 11.7. The van der Waals surface area contributed by atoms with Crippen LogP contribution in [0.15, 0.2) is 180 Å². The third-order valence-electron chi connectivity index (χ3n) is 9.66. The van der Waals surface area contributed by atoms with E-state index in [1.54, 1.807) is 0 Å². The van der Waals surface area contributed by atoms with E-state index in [2.05, 4.69) is 169 Å². The first kappa shape index (κ1) is 27.9. The van der Waals surface area contributed by atoms with Crippen LogP contribution in [0.25, 0.3) is 75.1 Å². The maximum Gasteiger partial charge on any atom is 0.143 e. The van der Waals surface area contributed by atoms with Gasteiger partial charge in [-0.3, -0.25) is 0 Å². The summed E-state index contributed by atoms with van der Waals surface area (Å²) in [6.45, 7) is 0. The number of thiophene rings is 1. The van der Waals surface area contributed by atoms with Crippen LogP contribution in [0, 0.1) is 0 Å². The van der Waals surface area contributed by atoms with E-state index >= 15 is 0 Å². The SMILES string of the molecule is c1ccc(-c2ccc(N(c3cccc(-c4cccc5c4oc4ccccc45)c3)c3cccc4sc5c6ccccc6ccc5c34)cc2)cc1. The lowest BCUT2D eigenvalue weighted by Gasteiger charge is -2.27. The second-order valence-electron chi connectivity index (χ2n) is 12.5. The van der Waals surface area contributed by atoms with Gasteiger partial charge >= 0.3 is 0 Å². The minimum atomic E-state index is 0.907. The van der Waals surface area contributed by atoms with Crippen LogP contribution in [0.3, 0.4) is 0 Å². The summed E-state index contributed by atoms with van der Waals surface area (Å²) in [4.78, 5) is 2.42. The number of hydrogen-bond acceptors (Lipinski definition) is 3. The summed E-state index contributed by atoms with van der Waals surface area (Å²) in [5.41, 5.74) is 9.77. The van der Waals surface area contributed by atoms with E-state index in [4.69, 9.17) is 4.42 Å². The van der Waals surface area contributed by atoms with E-state index in [1.807, 2.05) is 23.5 Å². The molecular weight excluding hydrogens is 615 g/mol. The Morgan fingerprint density at radius 3 is 2.06 bits per heavy atom. The molecule has 0 saturated heterocycles. The number of benzene rings is 8. The van der Waals surface area contributed by atoms with Crippen molar-refractivity contribution in [1.82, 2.24) is 0 Å². The summed E-state index contributed by atoms with van der Waals surface area (Å²) in [6.07, 6.45) is 0. The number of anilines is 3. The highest BCUT2D eigenvalue weighted by Gasteiger charge is 2.20. The fourth-order valence-electron chi connectivity index (χ4n) is 7.37. The maximum absolute atomic E-state index is 6.48. The van der Waals surface area contributed by atoms with E-state index < -0.39 is 0 Å². The molecule has 2 heterocycles. The molecule has 0 radical (unpaired) electrons. The summed E-state index contributed by atoms with van der Waals surface area (Å²) >= 11 is 1.88. The number of hydrogen-bond donors (Lipinski definition) is 0. The molecule has 230 valence electrons. The molecule has 0 spiro atoms. The van der Waals surface area contributed by atoms with Gasteiger partial charge in [0.15, 0.2) is 0 Å². The van der Waals surface area contributed by atoms with Crippen LogP contribution in [0.4, 0.5) is 17.1 Å². The Morgan fingerprint density at radius 2 is 1.16 bits per heavy atom. The summed E-state index contributed by atoms with van der Waals surface area (Å²) in [5.74, 6) is 0. The van der Waals surface area contributed by atoms with Crippen LogP contribution in [-0.4, -0.2) is 0 Å². The van der Waals surface area contributed by atoms with Gasteiger partial charge in [-0.2, -0.15) is 0 Å². The molecule has 3 heteroatoms. The Bertz CT molecular complexity index is 2830. The Hall–Kier alpha value is -6.16. The van der Waals surface area contributed by atoms with Gasteiger partial charge in [0.25, 0.3) is 0 Å². The highest BCUT2D eigenvalue weighted by atomic mass is 32.1. The van der Waals surface area contributed by atoms with Crippen LogP contribution in [0.2, 0.25) is 0 Å². The number of nitrogens with zero attached hydrogens (tertiary/aromatic N) is 1. The lowest BCUT2D eigenvalue weighted by atomic mass is 10.0. The van der Waals surface area contributed by atoms with Crippen molar-refractivity contribution in [3.05, 3.63) is 176 Å². The van der Waals surface area contributed by atoms with Gasteiger partial charge in [0.2, 0.25) is 0 Å². The molecule has 49 heavy (non-hydrogen) atoms.